The normalized spacial score (nSPS) is 21.3. The fourth-order valence-electron chi connectivity index (χ4n) is 17.5. The molecule has 546 valence electrons. The number of methoxy groups -OCH3 is 1. The second-order valence-corrected chi connectivity index (χ2v) is 30.0. The predicted octanol–water partition coefficient (Wildman–Crippen LogP) is 16.2. The van der Waals surface area contributed by atoms with Gasteiger partial charge in [-0.1, -0.05) is 163 Å². The van der Waals surface area contributed by atoms with Crippen LogP contribution in [0.5, 0.6) is 11.5 Å². The van der Waals surface area contributed by atoms with Crippen molar-refractivity contribution < 1.29 is 47.8 Å². The molecule has 10 rings (SSSR count). The number of amides is 4. The number of allylic oxidation sites excluding steroid dienone is 1. The van der Waals surface area contributed by atoms with Crippen LogP contribution in [0.4, 0.5) is 16.2 Å². The maximum Gasteiger partial charge on any atom is 0.514 e. The quantitative estimate of drug-likeness (QED) is 0.00473. The first kappa shape index (κ1) is 76.5. The topological polar surface area (TPSA) is 249 Å². The van der Waals surface area contributed by atoms with Crippen molar-refractivity contribution in [2.75, 3.05) is 32.1 Å². The maximum atomic E-state index is 14.5. The van der Waals surface area contributed by atoms with Crippen LogP contribution < -0.4 is 36.1 Å². The van der Waals surface area contributed by atoms with Gasteiger partial charge in [-0.2, -0.15) is 5.26 Å². The van der Waals surface area contributed by atoms with Gasteiger partial charge in [0.05, 0.1) is 35.3 Å². The third kappa shape index (κ3) is 20.0. The summed E-state index contributed by atoms with van der Waals surface area (Å²) in [6.07, 6.45) is 17.6. The second kappa shape index (κ2) is 36.3. The van der Waals surface area contributed by atoms with Crippen LogP contribution in [0.2, 0.25) is 0 Å². The van der Waals surface area contributed by atoms with E-state index in [0.717, 1.165) is 82.8 Å². The van der Waals surface area contributed by atoms with Crippen molar-refractivity contribution in [2.24, 2.45) is 46.3 Å². The zero-order valence-corrected chi connectivity index (χ0v) is 60.9. The van der Waals surface area contributed by atoms with E-state index in [0.29, 0.717) is 61.2 Å². The molecular weight excluding hydrogens is 1290 g/mol. The van der Waals surface area contributed by atoms with Gasteiger partial charge in [0.2, 0.25) is 23.6 Å². The van der Waals surface area contributed by atoms with E-state index >= 15 is 0 Å². The van der Waals surface area contributed by atoms with Crippen LogP contribution in [-0.2, 0) is 47.2 Å². The molecule has 4 aliphatic carbocycles. The minimum Gasteiger partial charge on any atom is -0.497 e. The zero-order valence-electron chi connectivity index (χ0n) is 60.9. The number of nitrogens with zero attached hydrogens (tertiary/aromatic N) is 2. The summed E-state index contributed by atoms with van der Waals surface area (Å²) in [7, 11) is 1.64. The van der Waals surface area contributed by atoms with E-state index in [1.54, 1.807) is 61.2 Å². The van der Waals surface area contributed by atoms with Crippen LogP contribution in [0.1, 0.15) is 184 Å². The molecule has 4 aliphatic rings. The number of anilines is 1. The number of unbranched alkanes of at least 4 members (excludes halogenated alkanes) is 1. The number of fused-ring (bicyclic) bond motifs is 5. The molecule has 3 fully saturated rings. The Morgan fingerprint density at radius 2 is 1.35 bits per heavy atom. The average Bonchev–Trinajstić information content (AvgIpc) is 1.70. The molecule has 0 unspecified atom stereocenters. The van der Waals surface area contributed by atoms with Crippen LogP contribution in [-0.4, -0.2) is 79.7 Å². The molecule has 6 aromatic rings. The molecule has 0 bridgehead atoms. The fourth-order valence-corrected chi connectivity index (χ4v) is 17.5. The molecule has 0 aliphatic heterocycles. The largest absolute Gasteiger partial charge is 0.514 e. The highest BCUT2D eigenvalue weighted by molar-refractivity contribution is 5.97. The van der Waals surface area contributed by atoms with Crippen LogP contribution in [0, 0.1) is 67.8 Å². The Morgan fingerprint density at radius 3 is 2.02 bits per heavy atom. The van der Waals surface area contributed by atoms with Gasteiger partial charge in [-0.3, -0.25) is 34.6 Å². The van der Waals surface area contributed by atoms with E-state index in [1.807, 2.05) is 48.5 Å². The third-order valence-corrected chi connectivity index (χ3v) is 22.9. The van der Waals surface area contributed by atoms with E-state index < -0.39 is 46.4 Å². The van der Waals surface area contributed by atoms with Gasteiger partial charge in [0, 0.05) is 56.3 Å². The summed E-state index contributed by atoms with van der Waals surface area (Å²) < 4.78 is 22.5. The molecule has 0 saturated heterocycles. The molecule has 4 amide bonds. The maximum absolute atomic E-state index is 14.5. The number of carbonyl (C=O) groups excluding carboxylic acids is 5. The number of rotatable bonds is 35. The summed E-state index contributed by atoms with van der Waals surface area (Å²) >= 11 is 0. The molecule has 18 heteroatoms. The van der Waals surface area contributed by atoms with Gasteiger partial charge in [-0.25, -0.2) is 4.79 Å². The van der Waals surface area contributed by atoms with Gasteiger partial charge in [0.25, 0.3) is 5.69 Å². The number of benzene rings is 6. The van der Waals surface area contributed by atoms with Gasteiger partial charge in [0.15, 0.2) is 0 Å². The van der Waals surface area contributed by atoms with Crippen LogP contribution in [0.3, 0.4) is 0 Å². The summed E-state index contributed by atoms with van der Waals surface area (Å²) in [5.74, 6) is 3.94. The van der Waals surface area contributed by atoms with Gasteiger partial charge in [-0.05, 0) is 213 Å². The number of carbonyl (C=O) groups is 5. The Kier molecular flexibility index (Phi) is 26.9. The molecular formula is C85H105N7O11. The first-order valence-corrected chi connectivity index (χ1v) is 37.4. The molecule has 18 nitrogen and oxygen atoms in total. The van der Waals surface area contributed by atoms with E-state index in [1.165, 1.54) is 75.6 Å². The third-order valence-electron chi connectivity index (χ3n) is 22.9. The molecule has 0 aromatic heterocycles. The molecule has 10 atom stereocenters. The van der Waals surface area contributed by atoms with E-state index in [-0.39, 0.29) is 67.6 Å². The molecule has 0 heterocycles. The molecule has 3 saturated carbocycles. The minimum atomic E-state index is -1.03. The Hall–Kier alpha value is -9.18. The number of ether oxygens (including phenoxy) is 4. The van der Waals surface area contributed by atoms with E-state index in [9.17, 15) is 39.3 Å². The molecule has 0 spiro atoms. The molecule has 6 aromatic carbocycles. The Morgan fingerprint density at radius 1 is 0.680 bits per heavy atom. The van der Waals surface area contributed by atoms with E-state index in [2.05, 4.69) is 110 Å². The van der Waals surface area contributed by atoms with Crippen molar-refractivity contribution in [3.8, 4) is 17.6 Å². The zero-order chi connectivity index (χ0) is 72.9. The Balaban J connectivity index is 0.734. The predicted molar refractivity (Wildman–Crippen MR) is 400 cm³/mol. The van der Waals surface area contributed by atoms with Crippen molar-refractivity contribution in [3.63, 3.8) is 0 Å². The Bertz CT molecular complexity index is 3820. The first-order valence-electron chi connectivity index (χ1n) is 37.4. The number of nitrogens with one attached hydrogen (secondary N) is 5. The van der Waals surface area contributed by atoms with Gasteiger partial charge >= 0.3 is 6.16 Å². The van der Waals surface area contributed by atoms with Crippen LogP contribution in [0.15, 0.2) is 169 Å². The highest BCUT2D eigenvalue weighted by Gasteiger charge is 2.59. The monoisotopic (exact) mass is 1400 g/mol. The highest BCUT2D eigenvalue weighted by Crippen LogP contribution is 2.67. The summed E-state index contributed by atoms with van der Waals surface area (Å²) in [5, 5.41) is 36.5. The summed E-state index contributed by atoms with van der Waals surface area (Å²) in [5.41, 5.74) is 6.62. The van der Waals surface area contributed by atoms with E-state index in [4.69, 9.17) is 18.9 Å². The molecule has 5 N–H and O–H groups in total. The van der Waals surface area contributed by atoms with Crippen molar-refractivity contribution >= 4 is 41.2 Å². The number of nitro groups is 1. The lowest BCUT2D eigenvalue weighted by Gasteiger charge is -2.58. The molecule has 0 radical (unpaired) electrons. The second-order valence-electron chi connectivity index (χ2n) is 30.0. The van der Waals surface area contributed by atoms with Crippen LogP contribution >= 0.6 is 0 Å². The molecule has 103 heavy (non-hydrogen) atoms. The summed E-state index contributed by atoms with van der Waals surface area (Å²) in [4.78, 5) is 79.1. The van der Waals surface area contributed by atoms with Gasteiger partial charge in [0.1, 0.15) is 24.1 Å². The van der Waals surface area contributed by atoms with Gasteiger partial charge < -0.3 is 40.2 Å². The van der Waals surface area contributed by atoms with Crippen molar-refractivity contribution in [2.45, 2.75) is 187 Å². The lowest BCUT2D eigenvalue weighted by molar-refractivity contribution is -0.384. The number of hydrogen-bond donors (Lipinski definition) is 5. The lowest BCUT2D eigenvalue weighted by Crippen LogP contribution is -2.51. The Labute approximate surface area is 608 Å². The number of non-ortho nitro benzene ring substituents is 1. The minimum absolute atomic E-state index is 0.0577. The van der Waals surface area contributed by atoms with Gasteiger partial charge in [-0.15, -0.1) is 0 Å². The summed E-state index contributed by atoms with van der Waals surface area (Å²) in [6, 6.07) is 47.3. The number of hydrogen-bond acceptors (Lipinski definition) is 13. The highest BCUT2D eigenvalue weighted by atomic mass is 16.7. The fraction of sp³-hybridized carbons (Fsp3) is 0.482. The summed E-state index contributed by atoms with van der Waals surface area (Å²) in [6.45, 7) is 13.8. The number of nitro benzene ring substituents is 1. The van der Waals surface area contributed by atoms with Crippen LogP contribution in [0.25, 0.3) is 0 Å². The van der Waals surface area contributed by atoms with Crippen molar-refractivity contribution in [1.29, 1.82) is 5.26 Å². The number of nitriles is 1. The first-order chi connectivity index (χ1) is 49.8. The average molecular weight is 1400 g/mol. The standard InChI is InChI=1S/C85H105N7O11/c1-58(2)17-15-18-59(3)74-42-43-75-73-41-32-66-54-72(46-48-83(66,4)76(73)47-49-84(74,75)5)101-52-16-50-87-78(93)44-45-79(94)89-68(53-60-24-26-61(56-86)27-25-60)55-80(95)91-77(81(96)90-67-33-28-62(29-34-67)57-102-82(97)103-71-39-35-69(36-40-71)92(98)99)23-13-14-51-88-85(63-19-9-7-10-20-63,64-21-11-8-12-22-64)65-30-37-70(100-6)38-31-65/h7-12,19-22,24-40,58-59,68,72-77,88H,13-18,23,41-55,57H2,1-6H3,(H,87,93)(H,89,94)(H,90,96)(H,91,95)/t59-,68+,72+,73+,74-,75+,76+,77+,83+,84-/m1/s1. The lowest BCUT2D eigenvalue weighted by atomic mass is 9.47. The van der Waals surface area contributed by atoms with Crippen molar-refractivity contribution in [1.82, 2.24) is 21.3 Å². The smallest absolute Gasteiger partial charge is 0.497 e. The SMILES string of the molecule is COc1ccc(C(NCCCC[C@H](NC(=O)C[C@H](Cc2ccc(C#N)cc2)NC(=O)CCC(=O)NCCCO[C@H]2CC[C@@]3(C)C(=CC[C@H]4[C@@H]5CC[C@H]([C@H](C)CCCC(C)C)[C@@]5(C)CC[C@@H]43)C2)C(=O)Nc2ccc(COC(=O)Oc3ccc([N+](=O)[O-])cc3)cc2)(c2ccccc2)c2ccccc2)cc1. The van der Waals surface area contributed by atoms with Crippen molar-refractivity contribution in [3.05, 3.63) is 213 Å².